The number of hydrogen-bond donors (Lipinski definition) is 1. The predicted molar refractivity (Wildman–Crippen MR) is 107 cm³/mol. The normalized spacial score (nSPS) is 16.5. The molecule has 1 aliphatic rings. The second kappa shape index (κ2) is 7.43. The third-order valence-corrected chi connectivity index (χ3v) is 4.57. The van der Waals surface area contributed by atoms with Crippen molar-refractivity contribution >= 4 is 23.2 Å². The van der Waals surface area contributed by atoms with Gasteiger partial charge in [-0.2, -0.15) is 0 Å². The largest absolute Gasteiger partial charge is 0.479 e. The lowest BCUT2D eigenvalue weighted by molar-refractivity contribution is -0.125. The summed E-state index contributed by atoms with van der Waals surface area (Å²) in [6.45, 7) is 7.92. The van der Waals surface area contributed by atoms with Gasteiger partial charge in [0.25, 0.3) is 5.91 Å². The van der Waals surface area contributed by atoms with Crippen molar-refractivity contribution in [2.45, 2.75) is 40.2 Å². The first-order valence-corrected chi connectivity index (χ1v) is 9.23. The Labute approximate surface area is 160 Å². The monoisotopic (exact) mass is 366 g/mol. The lowest BCUT2D eigenvalue weighted by atomic mass is 9.95. The highest BCUT2D eigenvalue weighted by Gasteiger charge is 2.31. The highest BCUT2D eigenvalue weighted by Crippen LogP contribution is 2.36. The van der Waals surface area contributed by atoms with E-state index in [1.165, 1.54) is 5.56 Å². The molecule has 5 nitrogen and oxygen atoms in total. The Balaban J connectivity index is 1.81. The topological polar surface area (TPSA) is 58.6 Å². The summed E-state index contributed by atoms with van der Waals surface area (Å²) in [6, 6.07) is 15.5. The summed E-state index contributed by atoms with van der Waals surface area (Å²) in [5.74, 6) is 0.495. The van der Waals surface area contributed by atoms with Crippen molar-refractivity contribution in [2.24, 2.45) is 5.41 Å². The Morgan fingerprint density at radius 2 is 1.85 bits per heavy atom. The van der Waals surface area contributed by atoms with Crippen LogP contribution in [0.3, 0.4) is 0 Å². The summed E-state index contributed by atoms with van der Waals surface area (Å²) in [5, 5.41) is 2.91. The Kier molecular flexibility index (Phi) is 5.22. The predicted octanol–water partition coefficient (Wildman–Crippen LogP) is 4.03. The van der Waals surface area contributed by atoms with E-state index >= 15 is 0 Å². The van der Waals surface area contributed by atoms with Gasteiger partial charge in [-0.3, -0.25) is 9.59 Å². The molecule has 0 saturated carbocycles. The van der Waals surface area contributed by atoms with Crippen molar-refractivity contribution in [2.75, 3.05) is 16.8 Å². The second-order valence-electron chi connectivity index (χ2n) is 7.87. The van der Waals surface area contributed by atoms with Gasteiger partial charge >= 0.3 is 0 Å². The molecule has 1 unspecified atom stereocenters. The molecule has 0 saturated heterocycles. The second-order valence-corrected chi connectivity index (χ2v) is 7.87. The summed E-state index contributed by atoms with van der Waals surface area (Å²) < 4.78 is 5.79. The van der Waals surface area contributed by atoms with E-state index in [9.17, 15) is 9.59 Å². The van der Waals surface area contributed by atoms with E-state index in [-0.39, 0.29) is 11.8 Å². The van der Waals surface area contributed by atoms with Crippen molar-refractivity contribution in [1.82, 2.24) is 0 Å². The van der Waals surface area contributed by atoms with Gasteiger partial charge in [-0.05, 0) is 31.0 Å². The quantitative estimate of drug-likeness (QED) is 0.889. The van der Waals surface area contributed by atoms with Crippen LogP contribution in [0.5, 0.6) is 5.75 Å². The van der Waals surface area contributed by atoms with Gasteiger partial charge < -0.3 is 15.0 Å². The van der Waals surface area contributed by atoms with Crippen molar-refractivity contribution in [3.05, 3.63) is 54.1 Å². The molecule has 0 fully saturated rings. The van der Waals surface area contributed by atoms with Crippen molar-refractivity contribution in [1.29, 1.82) is 0 Å². The number of nitrogens with zero attached hydrogens (tertiary/aromatic N) is 1. The van der Waals surface area contributed by atoms with Gasteiger partial charge in [0.1, 0.15) is 5.75 Å². The van der Waals surface area contributed by atoms with Gasteiger partial charge in [0.15, 0.2) is 6.10 Å². The maximum Gasteiger partial charge on any atom is 0.267 e. The molecule has 0 aromatic heterocycles. The molecule has 2 aromatic carbocycles. The lowest BCUT2D eigenvalue weighted by Gasteiger charge is -2.33. The maximum atomic E-state index is 12.6. The minimum Gasteiger partial charge on any atom is -0.479 e. The van der Waals surface area contributed by atoms with Gasteiger partial charge in [0.2, 0.25) is 5.91 Å². The van der Waals surface area contributed by atoms with Gasteiger partial charge in [0, 0.05) is 23.7 Å². The molecule has 0 bridgehead atoms. The zero-order valence-corrected chi connectivity index (χ0v) is 16.3. The van der Waals surface area contributed by atoms with Crippen LogP contribution < -0.4 is 15.0 Å². The average molecular weight is 366 g/mol. The van der Waals surface area contributed by atoms with Crippen LogP contribution in [0, 0.1) is 5.41 Å². The number of benzene rings is 2. The first-order valence-electron chi connectivity index (χ1n) is 9.23. The van der Waals surface area contributed by atoms with Crippen LogP contribution in [0.25, 0.3) is 0 Å². The number of anilines is 2. The molecular weight excluding hydrogens is 340 g/mol. The number of ether oxygens (including phenoxy) is 1. The Morgan fingerprint density at radius 3 is 2.52 bits per heavy atom. The number of rotatable bonds is 4. The van der Waals surface area contributed by atoms with Crippen LogP contribution in [0.15, 0.2) is 48.5 Å². The highest BCUT2D eigenvalue weighted by molar-refractivity contribution is 6.01. The Morgan fingerprint density at radius 1 is 1.15 bits per heavy atom. The zero-order valence-electron chi connectivity index (χ0n) is 16.3. The smallest absolute Gasteiger partial charge is 0.267 e. The molecule has 3 rings (SSSR count). The Hall–Kier alpha value is -2.82. The Bertz CT molecular complexity index is 840. The number of nitrogens with one attached hydrogen (secondary N) is 1. The summed E-state index contributed by atoms with van der Waals surface area (Å²) in [5.41, 5.74) is 2.10. The summed E-state index contributed by atoms with van der Waals surface area (Å²) in [7, 11) is 0. The van der Waals surface area contributed by atoms with Gasteiger partial charge in [-0.1, -0.05) is 51.1 Å². The summed E-state index contributed by atoms with van der Waals surface area (Å²) in [6.07, 6.45) is 0.211. The van der Waals surface area contributed by atoms with Gasteiger partial charge in [0.05, 0.1) is 5.69 Å². The van der Waals surface area contributed by atoms with Crippen LogP contribution in [-0.2, 0) is 16.0 Å². The molecule has 0 radical (unpaired) electrons. The third-order valence-electron chi connectivity index (χ3n) is 4.57. The average Bonchev–Trinajstić information content (AvgIpc) is 2.62. The SMILES string of the molecule is CC1Oc2cc(NC(=O)C(C)(C)C)ccc2N(CCc2ccccc2)C1=O. The maximum absolute atomic E-state index is 12.6. The van der Waals surface area contributed by atoms with E-state index < -0.39 is 11.5 Å². The van der Waals surface area contributed by atoms with E-state index in [0.717, 1.165) is 12.1 Å². The van der Waals surface area contributed by atoms with Crippen LogP contribution in [0.4, 0.5) is 11.4 Å². The number of carbonyl (C=O) groups is 2. The third kappa shape index (κ3) is 4.30. The molecule has 1 aliphatic heterocycles. The zero-order chi connectivity index (χ0) is 19.6. The fourth-order valence-corrected chi connectivity index (χ4v) is 2.92. The van der Waals surface area contributed by atoms with E-state index in [0.29, 0.717) is 18.0 Å². The number of amides is 2. The summed E-state index contributed by atoms with van der Waals surface area (Å²) in [4.78, 5) is 26.6. The van der Waals surface area contributed by atoms with E-state index in [2.05, 4.69) is 17.4 Å². The molecule has 27 heavy (non-hydrogen) atoms. The molecule has 5 heteroatoms. The molecular formula is C22H26N2O3. The van der Waals surface area contributed by atoms with Crippen molar-refractivity contribution in [3.8, 4) is 5.75 Å². The van der Waals surface area contributed by atoms with E-state index in [4.69, 9.17) is 4.74 Å². The molecule has 1 heterocycles. The van der Waals surface area contributed by atoms with E-state index in [1.807, 2.05) is 51.1 Å². The number of hydrogen-bond acceptors (Lipinski definition) is 3. The summed E-state index contributed by atoms with van der Waals surface area (Å²) >= 11 is 0. The molecule has 1 N–H and O–H groups in total. The van der Waals surface area contributed by atoms with Gasteiger partial charge in [-0.25, -0.2) is 0 Å². The molecule has 1 atom stereocenters. The standard InChI is InChI=1S/C22H26N2O3/c1-15-20(25)24(13-12-16-8-6-5-7-9-16)18-11-10-17(14-19(18)27-15)23-21(26)22(2,3)4/h5-11,14-15H,12-13H2,1-4H3,(H,23,26). The lowest BCUT2D eigenvalue weighted by Crippen LogP contribution is -2.45. The minimum absolute atomic E-state index is 0.0510. The van der Waals surface area contributed by atoms with Crippen LogP contribution in [-0.4, -0.2) is 24.5 Å². The van der Waals surface area contributed by atoms with E-state index in [1.54, 1.807) is 17.9 Å². The van der Waals surface area contributed by atoms with Crippen LogP contribution >= 0.6 is 0 Å². The fraction of sp³-hybridized carbons (Fsp3) is 0.364. The molecule has 0 aliphatic carbocycles. The van der Waals surface area contributed by atoms with Gasteiger partial charge in [-0.15, -0.1) is 0 Å². The van der Waals surface area contributed by atoms with Crippen LogP contribution in [0.1, 0.15) is 33.3 Å². The number of carbonyl (C=O) groups excluding carboxylic acids is 2. The van der Waals surface area contributed by atoms with Crippen molar-refractivity contribution in [3.63, 3.8) is 0 Å². The first-order chi connectivity index (χ1) is 12.8. The highest BCUT2D eigenvalue weighted by atomic mass is 16.5. The number of fused-ring (bicyclic) bond motifs is 1. The molecule has 2 aromatic rings. The van der Waals surface area contributed by atoms with Crippen LogP contribution in [0.2, 0.25) is 0 Å². The van der Waals surface area contributed by atoms with Crippen molar-refractivity contribution < 1.29 is 14.3 Å². The molecule has 142 valence electrons. The first kappa shape index (κ1) is 19.0. The fourth-order valence-electron chi connectivity index (χ4n) is 2.92. The molecule has 0 spiro atoms. The molecule has 2 amide bonds. The minimum atomic E-state index is -0.554.